The highest BCUT2D eigenvalue weighted by Gasteiger charge is 2.24. The number of benzene rings is 2. The van der Waals surface area contributed by atoms with Gasteiger partial charge < -0.3 is 14.3 Å². The van der Waals surface area contributed by atoms with Crippen LogP contribution >= 0.6 is 0 Å². The molecule has 7 heteroatoms. The van der Waals surface area contributed by atoms with Crippen LogP contribution in [0.1, 0.15) is 25.5 Å². The highest BCUT2D eigenvalue weighted by Crippen LogP contribution is 2.33. The number of fused-ring (bicyclic) bond motifs is 4. The van der Waals surface area contributed by atoms with Crippen LogP contribution in [0.2, 0.25) is 0 Å². The fraction of sp³-hybridized carbons (Fsp3) is 0.200. The Morgan fingerprint density at radius 2 is 1.93 bits per heavy atom. The van der Waals surface area contributed by atoms with Gasteiger partial charge in [0.05, 0.1) is 35.0 Å². The minimum Gasteiger partial charge on any atom is -0.494 e. The fourth-order valence-corrected chi connectivity index (χ4v) is 3.58. The molecule has 136 valence electrons. The largest absolute Gasteiger partial charge is 0.494 e. The van der Waals surface area contributed by atoms with Crippen molar-refractivity contribution in [3.05, 3.63) is 51.7 Å². The SMILES string of the molecule is COc1cc2c(=O)c3c4ccc(C#N)cc4[nH]c3n(C(C)C)c2c(F)c1F. The van der Waals surface area contributed by atoms with Gasteiger partial charge in [0.2, 0.25) is 5.82 Å². The monoisotopic (exact) mass is 367 g/mol. The molecule has 0 unspecified atom stereocenters. The second-order valence-corrected chi connectivity index (χ2v) is 6.62. The van der Waals surface area contributed by atoms with Gasteiger partial charge in [-0.15, -0.1) is 0 Å². The van der Waals surface area contributed by atoms with Crippen LogP contribution in [0.5, 0.6) is 5.75 Å². The lowest BCUT2D eigenvalue weighted by molar-refractivity contribution is 0.373. The number of ether oxygens (including phenoxy) is 1. The van der Waals surface area contributed by atoms with Crippen molar-refractivity contribution in [2.24, 2.45) is 0 Å². The fourth-order valence-electron chi connectivity index (χ4n) is 3.58. The van der Waals surface area contributed by atoms with Crippen LogP contribution in [-0.4, -0.2) is 16.7 Å². The van der Waals surface area contributed by atoms with E-state index in [1.807, 2.05) is 19.9 Å². The van der Waals surface area contributed by atoms with Crippen LogP contribution in [0, 0.1) is 23.0 Å². The molecule has 4 rings (SSSR count). The molecule has 0 aliphatic rings. The van der Waals surface area contributed by atoms with E-state index in [4.69, 9.17) is 10.00 Å². The van der Waals surface area contributed by atoms with Crippen molar-refractivity contribution in [3.63, 3.8) is 0 Å². The number of hydrogen-bond acceptors (Lipinski definition) is 3. The summed E-state index contributed by atoms with van der Waals surface area (Å²) < 4.78 is 35.7. The Morgan fingerprint density at radius 1 is 1.19 bits per heavy atom. The first-order valence-corrected chi connectivity index (χ1v) is 8.34. The van der Waals surface area contributed by atoms with Crippen molar-refractivity contribution >= 4 is 32.8 Å². The van der Waals surface area contributed by atoms with Crippen LogP contribution in [0.15, 0.2) is 29.1 Å². The van der Waals surface area contributed by atoms with Gasteiger partial charge >= 0.3 is 0 Å². The summed E-state index contributed by atoms with van der Waals surface area (Å²) in [5.74, 6) is -2.59. The van der Waals surface area contributed by atoms with Gasteiger partial charge in [-0.1, -0.05) is 6.07 Å². The lowest BCUT2D eigenvalue weighted by Crippen LogP contribution is -2.15. The molecule has 0 fully saturated rings. The molecular weight excluding hydrogens is 352 g/mol. The van der Waals surface area contributed by atoms with E-state index >= 15 is 0 Å². The van der Waals surface area contributed by atoms with E-state index < -0.39 is 17.1 Å². The zero-order valence-electron chi connectivity index (χ0n) is 14.9. The molecule has 0 saturated heterocycles. The van der Waals surface area contributed by atoms with E-state index in [1.165, 1.54) is 13.2 Å². The second-order valence-electron chi connectivity index (χ2n) is 6.62. The van der Waals surface area contributed by atoms with Crippen LogP contribution in [0.3, 0.4) is 0 Å². The molecule has 0 aliphatic carbocycles. The molecule has 2 heterocycles. The lowest BCUT2D eigenvalue weighted by Gasteiger charge is -2.18. The number of pyridine rings is 1. The summed E-state index contributed by atoms with van der Waals surface area (Å²) in [6.45, 7) is 3.63. The summed E-state index contributed by atoms with van der Waals surface area (Å²) in [5.41, 5.74) is 0.855. The maximum atomic E-state index is 14.9. The van der Waals surface area contributed by atoms with Crippen molar-refractivity contribution in [3.8, 4) is 11.8 Å². The van der Waals surface area contributed by atoms with E-state index in [1.54, 1.807) is 22.8 Å². The predicted molar refractivity (Wildman–Crippen MR) is 99.1 cm³/mol. The number of aromatic amines is 1. The third-order valence-corrected chi connectivity index (χ3v) is 4.75. The van der Waals surface area contributed by atoms with Crippen molar-refractivity contribution in [1.29, 1.82) is 5.26 Å². The Kier molecular flexibility index (Phi) is 3.67. The number of halogens is 2. The summed E-state index contributed by atoms with van der Waals surface area (Å²) in [6, 6.07) is 7.94. The number of nitrogens with one attached hydrogen (secondary N) is 1. The Hall–Kier alpha value is -3.40. The smallest absolute Gasteiger partial charge is 0.202 e. The van der Waals surface area contributed by atoms with Crippen molar-refractivity contribution in [2.75, 3.05) is 7.11 Å². The Balaban J connectivity index is 2.34. The normalized spacial score (nSPS) is 11.6. The molecule has 0 atom stereocenters. The van der Waals surface area contributed by atoms with Gasteiger partial charge in [0.15, 0.2) is 17.0 Å². The molecule has 2 aromatic carbocycles. The highest BCUT2D eigenvalue weighted by molar-refractivity contribution is 6.10. The molecular formula is C20H15F2N3O2. The molecule has 5 nitrogen and oxygen atoms in total. The Bertz CT molecular complexity index is 1340. The maximum absolute atomic E-state index is 14.9. The minimum absolute atomic E-state index is 0.0391. The van der Waals surface area contributed by atoms with Gasteiger partial charge in [-0.3, -0.25) is 4.79 Å². The predicted octanol–water partition coefficient (Wildman–Crippen LogP) is 4.38. The average molecular weight is 367 g/mol. The number of hydrogen-bond donors (Lipinski definition) is 1. The summed E-state index contributed by atoms with van der Waals surface area (Å²) >= 11 is 0. The number of methoxy groups -OCH3 is 1. The average Bonchev–Trinajstić information content (AvgIpc) is 3.03. The molecule has 0 saturated carbocycles. The number of nitrogens with zero attached hydrogens (tertiary/aromatic N) is 2. The van der Waals surface area contributed by atoms with Gasteiger partial charge in [0.25, 0.3) is 0 Å². The molecule has 1 N–H and O–H groups in total. The maximum Gasteiger partial charge on any atom is 0.202 e. The van der Waals surface area contributed by atoms with Gasteiger partial charge in [-0.25, -0.2) is 4.39 Å². The van der Waals surface area contributed by atoms with E-state index in [0.717, 1.165) is 0 Å². The lowest BCUT2D eigenvalue weighted by atomic mass is 10.1. The third-order valence-electron chi connectivity index (χ3n) is 4.75. The first-order chi connectivity index (χ1) is 12.9. The van der Waals surface area contributed by atoms with Crippen LogP contribution in [0.4, 0.5) is 8.78 Å². The minimum atomic E-state index is -1.14. The van der Waals surface area contributed by atoms with E-state index in [0.29, 0.717) is 27.5 Å². The molecule has 4 aromatic rings. The third kappa shape index (κ3) is 2.23. The van der Waals surface area contributed by atoms with Crippen LogP contribution < -0.4 is 10.2 Å². The summed E-state index contributed by atoms with van der Waals surface area (Å²) in [5, 5.41) is 10.1. The van der Waals surface area contributed by atoms with E-state index in [-0.39, 0.29) is 22.7 Å². The number of H-pyrrole nitrogens is 1. The molecule has 0 radical (unpaired) electrons. The zero-order chi connectivity index (χ0) is 19.5. The van der Waals surface area contributed by atoms with Crippen molar-refractivity contribution in [1.82, 2.24) is 9.55 Å². The highest BCUT2D eigenvalue weighted by atomic mass is 19.2. The summed E-state index contributed by atoms with van der Waals surface area (Å²) in [4.78, 5) is 16.3. The molecule has 0 spiro atoms. The number of nitriles is 1. The quantitative estimate of drug-likeness (QED) is 0.572. The molecule has 2 aromatic heterocycles. The van der Waals surface area contributed by atoms with Crippen molar-refractivity contribution < 1.29 is 13.5 Å². The van der Waals surface area contributed by atoms with E-state index in [9.17, 15) is 13.6 Å². The first kappa shape index (κ1) is 17.0. The first-order valence-electron chi connectivity index (χ1n) is 8.34. The molecule has 0 bridgehead atoms. The van der Waals surface area contributed by atoms with Crippen LogP contribution in [-0.2, 0) is 0 Å². The standard InChI is InChI=1S/C20H15F2N3O2/c1-9(2)25-18-12(7-14(27-3)16(21)17(18)22)19(26)15-11-5-4-10(8-23)6-13(11)24-20(15)25/h4-7,9,24H,1-3H3. The van der Waals surface area contributed by atoms with Crippen molar-refractivity contribution in [2.45, 2.75) is 19.9 Å². The molecule has 0 amide bonds. The zero-order valence-corrected chi connectivity index (χ0v) is 14.9. The number of rotatable bonds is 2. The summed E-state index contributed by atoms with van der Waals surface area (Å²) in [7, 11) is 1.22. The number of aromatic nitrogens is 2. The van der Waals surface area contributed by atoms with Gasteiger partial charge in [0, 0.05) is 16.9 Å². The second kappa shape index (κ2) is 5.81. The van der Waals surface area contributed by atoms with Gasteiger partial charge in [-0.2, -0.15) is 9.65 Å². The van der Waals surface area contributed by atoms with E-state index in [2.05, 4.69) is 4.98 Å². The molecule has 27 heavy (non-hydrogen) atoms. The Morgan fingerprint density at radius 3 is 2.56 bits per heavy atom. The topological polar surface area (TPSA) is 70.8 Å². The van der Waals surface area contributed by atoms with Gasteiger partial charge in [0.1, 0.15) is 5.65 Å². The summed E-state index contributed by atoms with van der Waals surface area (Å²) in [6.07, 6.45) is 0. The van der Waals surface area contributed by atoms with Gasteiger partial charge in [-0.05, 0) is 32.0 Å². The van der Waals surface area contributed by atoms with Crippen LogP contribution in [0.25, 0.3) is 32.8 Å². The Labute approximate surface area is 152 Å². The molecule has 0 aliphatic heterocycles.